The van der Waals surface area contributed by atoms with Gasteiger partial charge in [0.2, 0.25) is 5.82 Å². The van der Waals surface area contributed by atoms with Crippen LogP contribution in [0, 0.1) is 0 Å². The fourth-order valence-electron chi connectivity index (χ4n) is 3.09. The molecule has 3 rings (SSSR count). The molecular weight excluding hydrogens is 376 g/mol. The molecule has 0 saturated heterocycles. The van der Waals surface area contributed by atoms with Crippen LogP contribution in [0.1, 0.15) is 60.8 Å². The molecule has 1 aromatic heterocycles. The first kappa shape index (κ1) is 20.6. The summed E-state index contributed by atoms with van der Waals surface area (Å²) >= 11 is 0. The first-order valence-corrected chi connectivity index (χ1v) is 9.46. The third kappa shape index (κ3) is 4.50. The minimum atomic E-state index is -3.10. The molecule has 29 heavy (non-hydrogen) atoms. The average molecular weight is 399 g/mol. The zero-order chi connectivity index (χ0) is 21.2. The molecule has 0 aliphatic rings. The molecule has 1 heterocycles. The lowest BCUT2D eigenvalue weighted by molar-refractivity contribution is 0.00738. The lowest BCUT2D eigenvalue weighted by Gasteiger charge is -2.12. The molecule has 0 bridgehead atoms. The average Bonchev–Trinajstić information content (AvgIpc) is 3.12. The molecule has 1 unspecified atom stereocenters. The second-order valence-corrected chi connectivity index (χ2v) is 7.17. The van der Waals surface area contributed by atoms with Gasteiger partial charge in [-0.3, -0.25) is 0 Å². The number of rotatable bonds is 7. The molecule has 3 aromatic rings. The van der Waals surface area contributed by atoms with Crippen molar-refractivity contribution in [2.24, 2.45) is 0 Å². The van der Waals surface area contributed by atoms with Crippen molar-refractivity contribution in [3.05, 3.63) is 71.3 Å². The summed E-state index contributed by atoms with van der Waals surface area (Å²) in [6.45, 7) is 4.68. The van der Waals surface area contributed by atoms with Crippen molar-refractivity contribution >= 4 is 5.97 Å². The Labute approximate surface area is 168 Å². The van der Waals surface area contributed by atoms with Gasteiger partial charge in [0, 0.05) is 13.3 Å². The number of carbonyl (C=O) groups is 1. The van der Waals surface area contributed by atoms with E-state index in [1.54, 1.807) is 28.9 Å². The molecule has 5 nitrogen and oxygen atoms in total. The molecule has 1 N–H and O–H groups in total. The monoisotopic (exact) mass is 399 g/mol. The molecule has 7 heteroatoms. The largest absolute Gasteiger partial charge is 0.478 e. The van der Waals surface area contributed by atoms with Crippen molar-refractivity contribution in [2.45, 2.75) is 45.6 Å². The van der Waals surface area contributed by atoms with E-state index < -0.39 is 17.7 Å². The van der Waals surface area contributed by atoms with Crippen molar-refractivity contribution in [1.82, 2.24) is 14.8 Å². The van der Waals surface area contributed by atoms with Crippen LogP contribution in [0.15, 0.2) is 48.5 Å². The smallest absolute Gasteiger partial charge is 0.336 e. The van der Waals surface area contributed by atoms with Gasteiger partial charge in [-0.25, -0.2) is 14.5 Å². The molecular formula is C22H23F2N3O2. The SMILES string of the molecule is CCC(C)n1nc(C(C)(F)F)nc1Cc1ccc(-c2ccccc2C(=O)O)cc1. The minimum absolute atomic E-state index is 0.0460. The number of aromatic carboxylic acids is 1. The fraction of sp³-hybridized carbons (Fsp3) is 0.318. The Kier molecular flexibility index (Phi) is 5.77. The number of hydrogen-bond donors (Lipinski definition) is 1. The van der Waals surface area contributed by atoms with Crippen LogP contribution in [-0.2, 0) is 12.3 Å². The standard InChI is InChI=1S/C22H23F2N3O2/c1-4-14(2)27-19(25-21(26-27)22(3,23)24)13-15-9-11-16(12-10-15)17-7-5-6-8-18(17)20(28)29/h5-12,14H,4,13H2,1-3H3,(H,28,29). The Morgan fingerprint density at radius 2 is 1.83 bits per heavy atom. The summed E-state index contributed by atoms with van der Waals surface area (Å²) in [5.41, 5.74) is 2.51. The van der Waals surface area contributed by atoms with Crippen LogP contribution in [0.4, 0.5) is 8.78 Å². The van der Waals surface area contributed by atoms with Crippen LogP contribution in [0.2, 0.25) is 0 Å². The zero-order valence-electron chi connectivity index (χ0n) is 16.6. The van der Waals surface area contributed by atoms with E-state index in [-0.39, 0.29) is 11.6 Å². The summed E-state index contributed by atoms with van der Waals surface area (Å²) in [5.74, 6) is -4.08. The van der Waals surface area contributed by atoms with Crippen LogP contribution in [0.25, 0.3) is 11.1 Å². The Hall–Kier alpha value is -3.09. The van der Waals surface area contributed by atoms with E-state index in [2.05, 4.69) is 10.1 Å². The van der Waals surface area contributed by atoms with Crippen LogP contribution >= 0.6 is 0 Å². The van der Waals surface area contributed by atoms with Crippen LogP contribution in [0.5, 0.6) is 0 Å². The van der Waals surface area contributed by atoms with Crippen LogP contribution < -0.4 is 0 Å². The minimum Gasteiger partial charge on any atom is -0.478 e. The van der Waals surface area contributed by atoms with E-state index in [1.165, 1.54) is 0 Å². The van der Waals surface area contributed by atoms with Gasteiger partial charge >= 0.3 is 11.9 Å². The number of aromatic nitrogens is 3. The predicted molar refractivity (Wildman–Crippen MR) is 106 cm³/mol. The van der Waals surface area contributed by atoms with Crippen LogP contribution in [-0.4, -0.2) is 25.8 Å². The van der Waals surface area contributed by atoms with Crippen molar-refractivity contribution in [1.29, 1.82) is 0 Å². The fourth-order valence-corrected chi connectivity index (χ4v) is 3.09. The van der Waals surface area contributed by atoms with E-state index in [0.717, 1.165) is 24.5 Å². The maximum atomic E-state index is 13.7. The summed E-state index contributed by atoms with van der Waals surface area (Å²) < 4.78 is 29.0. The number of hydrogen-bond acceptors (Lipinski definition) is 3. The summed E-state index contributed by atoms with van der Waals surface area (Å²) in [5, 5.41) is 13.4. The zero-order valence-corrected chi connectivity index (χ0v) is 16.6. The van der Waals surface area contributed by atoms with Gasteiger partial charge in [0.25, 0.3) is 0 Å². The molecule has 0 saturated carbocycles. The number of alkyl halides is 2. The number of nitrogens with zero attached hydrogens (tertiary/aromatic N) is 3. The second kappa shape index (κ2) is 8.11. The van der Waals surface area contributed by atoms with Gasteiger partial charge in [-0.2, -0.15) is 8.78 Å². The first-order valence-electron chi connectivity index (χ1n) is 9.46. The molecule has 0 aliphatic heterocycles. The third-order valence-electron chi connectivity index (χ3n) is 4.89. The van der Waals surface area contributed by atoms with Crippen LogP contribution in [0.3, 0.4) is 0 Å². The summed E-state index contributed by atoms with van der Waals surface area (Å²) in [7, 11) is 0. The quantitative estimate of drug-likeness (QED) is 0.584. The van der Waals surface area contributed by atoms with Gasteiger partial charge in [-0.1, -0.05) is 49.4 Å². The molecule has 0 radical (unpaired) electrons. The predicted octanol–water partition coefficient (Wildman–Crippen LogP) is 5.32. The van der Waals surface area contributed by atoms with E-state index in [1.807, 2.05) is 38.1 Å². The molecule has 0 spiro atoms. The topological polar surface area (TPSA) is 68.0 Å². The summed E-state index contributed by atoms with van der Waals surface area (Å²) in [6, 6.07) is 14.1. The number of carboxylic acid groups (broad SMARTS) is 1. The van der Waals surface area contributed by atoms with E-state index in [9.17, 15) is 18.7 Å². The van der Waals surface area contributed by atoms with Crippen molar-refractivity contribution in [2.75, 3.05) is 0 Å². The molecule has 0 aliphatic carbocycles. The summed E-state index contributed by atoms with van der Waals surface area (Å²) in [6.07, 6.45) is 1.10. The van der Waals surface area contributed by atoms with Gasteiger partial charge in [0.1, 0.15) is 5.82 Å². The van der Waals surface area contributed by atoms with Gasteiger partial charge in [-0.15, -0.1) is 5.10 Å². The van der Waals surface area contributed by atoms with E-state index in [4.69, 9.17) is 0 Å². The highest BCUT2D eigenvalue weighted by atomic mass is 19.3. The molecule has 0 fully saturated rings. The number of carboxylic acids is 1. The normalized spacial score (nSPS) is 12.7. The number of benzene rings is 2. The van der Waals surface area contributed by atoms with Gasteiger partial charge in [0.15, 0.2) is 0 Å². The van der Waals surface area contributed by atoms with E-state index >= 15 is 0 Å². The Morgan fingerprint density at radius 3 is 2.41 bits per heavy atom. The first-order chi connectivity index (χ1) is 13.7. The lowest BCUT2D eigenvalue weighted by atomic mass is 9.98. The van der Waals surface area contributed by atoms with Crippen molar-refractivity contribution in [3.8, 4) is 11.1 Å². The maximum absolute atomic E-state index is 13.7. The Morgan fingerprint density at radius 1 is 1.17 bits per heavy atom. The molecule has 0 amide bonds. The highest BCUT2D eigenvalue weighted by Gasteiger charge is 2.31. The van der Waals surface area contributed by atoms with Gasteiger partial charge in [-0.05, 0) is 36.1 Å². The van der Waals surface area contributed by atoms with Crippen molar-refractivity contribution < 1.29 is 18.7 Å². The molecule has 152 valence electrons. The summed E-state index contributed by atoms with van der Waals surface area (Å²) in [4.78, 5) is 15.5. The van der Waals surface area contributed by atoms with E-state index in [0.29, 0.717) is 17.8 Å². The molecule has 1 atom stereocenters. The third-order valence-corrected chi connectivity index (χ3v) is 4.89. The second-order valence-electron chi connectivity index (χ2n) is 7.17. The lowest BCUT2D eigenvalue weighted by Crippen LogP contribution is -2.13. The highest BCUT2D eigenvalue weighted by Crippen LogP contribution is 2.27. The number of halogens is 2. The van der Waals surface area contributed by atoms with Gasteiger partial charge in [0.05, 0.1) is 11.6 Å². The maximum Gasteiger partial charge on any atom is 0.336 e. The Bertz CT molecular complexity index is 1010. The van der Waals surface area contributed by atoms with Crippen molar-refractivity contribution in [3.63, 3.8) is 0 Å². The van der Waals surface area contributed by atoms with Gasteiger partial charge < -0.3 is 5.11 Å². The Balaban J connectivity index is 1.91. The molecule has 2 aromatic carbocycles. The highest BCUT2D eigenvalue weighted by molar-refractivity contribution is 5.95.